The van der Waals surface area contributed by atoms with E-state index >= 15 is 0 Å². The number of nitrogens with one attached hydrogen (secondary N) is 1. The molecule has 3 fully saturated rings. The van der Waals surface area contributed by atoms with Gasteiger partial charge in [-0.3, -0.25) is 9.69 Å². The van der Waals surface area contributed by atoms with E-state index in [1.54, 1.807) is 50.9 Å². The molecule has 17 heteroatoms. The van der Waals surface area contributed by atoms with Gasteiger partial charge in [0.2, 0.25) is 0 Å². The topological polar surface area (TPSA) is 146 Å². The van der Waals surface area contributed by atoms with Crippen molar-refractivity contribution in [3.8, 4) is 5.75 Å². The summed E-state index contributed by atoms with van der Waals surface area (Å²) in [5.41, 5.74) is 2.67. The van der Waals surface area contributed by atoms with Gasteiger partial charge < -0.3 is 29.9 Å². The fourth-order valence-electron chi connectivity index (χ4n) is 7.47. The largest absolute Gasteiger partial charge is 0.507 e. The maximum Gasteiger partial charge on any atom is 0.410 e. The molecule has 3 saturated heterocycles. The lowest BCUT2D eigenvalue weighted by molar-refractivity contribution is -0.143. The molecule has 51 heavy (non-hydrogen) atoms. The molecule has 4 amide bonds. The first kappa shape index (κ1) is 38.0. The van der Waals surface area contributed by atoms with Gasteiger partial charge in [0, 0.05) is 113 Å². The number of anilines is 1. The lowest BCUT2D eigenvalue weighted by atomic mass is 10.0. The number of rotatable bonds is 8. The fourth-order valence-corrected chi connectivity index (χ4v) is 9.64. The second-order valence-corrected chi connectivity index (χ2v) is 18.4. The van der Waals surface area contributed by atoms with Crippen LogP contribution in [0.3, 0.4) is 0 Å². The number of piperazine rings is 1. The third kappa shape index (κ3) is 8.92. The molecular weight excluding hydrogens is 857 g/mol. The summed E-state index contributed by atoms with van der Waals surface area (Å²) in [6, 6.07) is 12.9. The molecule has 4 heterocycles. The van der Waals surface area contributed by atoms with Gasteiger partial charge in [0.15, 0.2) is 6.10 Å². The number of hydrogen-bond donors (Lipinski definition) is 2. The van der Waals surface area contributed by atoms with Crippen molar-refractivity contribution in [2.24, 2.45) is 0 Å². The van der Waals surface area contributed by atoms with Crippen molar-refractivity contribution in [1.82, 2.24) is 26.4 Å². The van der Waals surface area contributed by atoms with E-state index in [1.165, 1.54) is 13.9 Å². The van der Waals surface area contributed by atoms with Crippen molar-refractivity contribution in [3.05, 3.63) is 58.1 Å². The van der Waals surface area contributed by atoms with Gasteiger partial charge in [0.1, 0.15) is 5.75 Å². The molecule has 2 N–H and O–H groups in total. The van der Waals surface area contributed by atoms with Crippen LogP contribution >= 0.6 is 38.8 Å². The SMILES string of the molecule is CN(I)S(=O)(=O)N1CCC(N2CCN(C(=O)[C@@H](Cc3ccc(O)c(Br)c3)OC(=O)N3CCC(N4CCc5ccccc5NC4=O)CC3)CC2)CC1. The van der Waals surface area contributed by atoms with E-state index in [-0.39, 0.29) is 36.2 Å². The summed E-state index contributed by atoms with van der Waals surface area (Å²) >= 11 is 5.13. The predicted molar refractivity (Wildman–Crippen MR) is 204 cm³/mol. The third-order valence-electron chi connectivity index (χ3n) is 10.5. The molecule has 0 spiro atoms. The first-order chi connectivity index (χ1) is 24.4. The van der Waals surface area contributed by atoms with Crippen molar-refractivity contribution in [1.29, 1.82) is 0 Å². The van der Waals surface area contributed by atoms with Crippen molar-refractivity contribution in [2.75, 3.05) is 71.3 Å². The molecule has 2 aromatic rings. The van der Waals surface area contributed by atoms with E-state index < -0.39 is 22.4 Å². The normalized spacial score (nSPS) is 20.9. The number of likely N-dealkylation sites (tertiary alicyclic amines) is 1. The van der Waals surface area contributed by atoms with Crippen LogP contribution in [0.5, 0.6) is 5.75 Å². The Hall–Kier alpha value is -2.71. The Morgan fingerprint density at radius 2 is 1.63 bits per heavy atom. The molecule has 0 unspecified atom stereocenters. The minimum absolute atomic E-state index is 0.0179. The molecule has 0 bridgehead atoms. The van der Waals surface area contributed by atoms with Crippen LogP contribution in [0.25, 0.3) is 0 Å². The number of aromatic hydroxyl groups is 1. The summed E-state index contributed by atoms with van der Waals surface area (Å²) in [6.45, 7) is 4.53. The third-order valence-corrected chi connectivity index (χ3v) is 14.2. The number of ether oxygens (including phenoxy) is 1. The number of piperidine rings is 2. The Bertz CT molecular complexity index is 1700. The molecule has 2 aromatic carbocycles. The van der Waals surface area contributed by atoms with E-state index in [0.29, 0.717) is 76.2 Å². The molecule has 0 aliphatic carbocycles. The molecular formula is C34H45BrIN7O7S. The van der Waals surface area contributed by atoms with Gasteiger partial charge in [-0.05, 0) is 77.4 Å². The first-order valence-corrected chi connectivity index (χ1v) is 20.6. The minimum Gasteiger partial charge on any atom is -0.507 e. The maximum atomic E-state index is 14.0. The Kier molecular flexibility index (Phi) is 12.3. The maximum absolute atomic E-state index is 14.0. The van der Waals surface area contributed by atoms with Crippen LogP contribution in [-0.4, -0.2) is 142 Å². The van der Waals surface area contributed by atoms with Crippen molar-refractivity contribution in [2.45, 2.75) is 56.7 Å². The number of nitrogens with zero attached hydrogens (tertiary/aromatic N) is 6. The van der Waals surface area contributed by atoms with Crippen LogP contribution in [0.2, 0.25) is 0 Å². The second kappa shape index (κ2) is 16.5. The number of urea groups is 1. The van der Waals surface area contributed by atoms with E-state index in [2.05, 4.69) is 26.1 Å². The van der Waals surface area contributed by atoms with E-state index in [4.69, 9.17) is 4.74 Å². The summed E-state index contributed by atoms with van der Waals surface area (Å²) in [7, 11) is -1.92. The van der Waals surface area contributed by atoms with Crippen LogP contribution in [0.4, 0.5) is 15.3 Å². The van der Waals surface area contributed by atoms with Gasteiger partial charge in [-0.25, -0.2) is 9.59 Å². The van der Waals surface area contributed by atoms with Crippen molar-refractivity contribution in [3.63, 3.8) is 0 Å². The zero-order valence-corrected chi connectivity index (χ0v) is 33.2. The quantitative estimate of drug-likeness (QED) is 0.300. The number of phenolic OH excluding ortho intramolecular Hbond substituents is 1. The molecule has 4 aliphatic heterocycles. The summed E-state index contributed by atoms with van der Waals surface area (Å²) in [5.74, 6) is -0.196. The van der Waals surface area contributed by atoms with Gasteiger partial charge >= 0.3 is 12.1 Å². The Morgan fingerprint density at radius 1 is 0.961 bits per heavy atom. The summed E-state index contributed by atoms with van der Waals surface area (Å²) < 4.78 is 34.3. The van der Waals surface area contributed by atoms with E-state index in [1.807, 2.05) is 29.2 Å². The van der Waals surface area contributed by atoms with Crippen LogP contribution < -0.4 is 5.32 Å². The van der Waals surface area contributed by atoms with Gasteiger partial charge in [0.05, 0.1) is 4.47 Å². The number of fused-ring (bicyclic) bond motifs is 1. The van der Waals surface area contributed by atoms with Crippen LogP contribution in [0, 0.1) is 0 Å². The molecule has 14 nitrogen and oxygen atoms in total. The molecule has 0 saturated carbocycles. The lowest BCUT2D eigenvalue weighted by Gasteiger charge is -2.43. The molecule has 4 aliphatic rings. The van der Waals surface area contributed by atoms with Gasteiger partial charge in [-0.1, -0.05) is 24.3 Å². The number of halogens is 2. The van der Waals surface area contributed by atoms with Gasteiger partial charge in [-0.2, -0.15) is 12.7 Å². The van der Waals surface area contributed by atoms with Crippen LogP contribution in [0.15, 0.2) is 46.9 Å². The number of carbonyl (C=O) groups excluding carboxylic acids is 3. The smallest absolute Gasteiger partial charge is 0.410 e. The Labute approximate surface area is 321 Å². The highest BCUT2D eigenvalue weighted by Gasteiger charge is 2.37. The standard InChI is InChI=1S/C34H45BrIN7O7S/c1-38(36)51(48,49)42-15-11-26(12-16-42)39-18-20-40(21-19-39)32(45)31(23-24-6-7-30(44)28(35)22-24)50-34(47)41-13-9-27(10-14-41)43-17-8-25-4-2-3-5-29(25)37-33(43)46/h2-7,22,26-27,31,44H,8-21,23H2,1H3,(H,37,46)/t31-/m1/s1. The number of phenols is 1. The molecule has 278 valence electrons. The number of carbonyl (C=O) groups is 3. The highest BCUT2D eigenvalue weighted by molar-refractivity contribution is 14.1. The van der Waals surface area contributed by atoms with Crippen LogP contribution in [-0.2, 0) is 32.6 Å². The number of para-hydroxylation sites is 1. The summed E-state index contributed by atoms with van der Waals surface area (Å²) in [4.78, 5) is 48.2. The number of benzene rings is 2. The van der Waals surface area contributed by atoms with E-state index in [9.17, 15) is 27.9 Å². The van der Waals surface area contributed by atoms with Crippen molar-refractivity contribution < 1.29 is 32.6 Å². The zero-order chi connectivity index (χ0) is 36.3. The number of hydrogen-bond acceptors (Lipinski definition) is 8. The van der Waals surface area contributed by atoms with Gasteiger partial charge in [-0.15, -0.1) is 2.52 Å². The van der Waals surface area contributed by atoms with Crippen molar-refractivity contribution >= 4 is 72.7 Å². The zero-order valence-electron chi connectivity index (χ0n) is 28.6. The fraction of sp³-hybridized carbons (Fsp3) is 0.559. The average Bonchev–Trinajstić information content (AvgIpc) is 3.30. The Balaban J connectivity index is 1.05. The van der Waals surface area contributed by atoms with Gasteiger partial charge in [0.25, 0.3) is 16.1 Å². The highest BCUT2D eigenvalue weighted by Crippen LogP contribution is 2.28. The monoisotopic (exact) mass is 901 g/mol. The molecule has 6 rings (SSSR count). The number of amides is 4. The molecule has 0 radical (unpaired) electrons. The lowest BCUT2D eigenvalue weighted by Crippen LogP contribution is -2.57. The first-order valence-electron chi connectivity index (χ1n) is 17.4. The highest BCUT2D eigenvalue weighted by atomic mass is 127. The minimum atomic E-state index is -3.45. The summed E-state index contributed by atoms with van der Waals surface area (Å²) in [6.07, 6.45) is 1.92. The molecule has 0 aromatic heterocycles. The molecule has 1 atom stereocenters. The summed E-state index contributed by atoms with van der Waals surface area (Å²) in [5, 5.41) is 13.1. The Morgan fingerprint density at radius 3 is 2.29 bits per heavy atom. The average molecular weight is 903 g/mol. The van der Waals surface area contributed by atoms with Crippen LogP contribution in [0.1, 0.15) is 36.8 Å². The van der Waals surface area contributed by atoms with E-state index in [0.717, 1.165) is 36.1 Å². The predicted octanol–water partition coefficient (Wildman–Crippen LogP) is 3.89. The second-order valence-electron chi connectivity index (χ2n) is 13.5.